The van der Waals surface area contributed by atoms with Gasteiger partial charge in [0.2, 0.25) is 5.79 Å². The topological polar surface area (TPSA) is 56.8 Å². The smallest absolute Gasteiger partial charge is 0.407 e. The number of ether oxygens (including phenoxy) is 3. The lowest BCUT2D eigenvalue weighted by molar-refractivity contribution is -0.263. The van der Waals surface area contributed by atoms with Gasteiger partial charge < -0.3 is 19.5 Å². The molecule has 0 saturated heterocycles. The first-order valence-electron chi connectivity index (χ1n) is 8.25. The Morgan fingerprint density at radius 3 is 2.30 bits per heavy atom. The predicted molar refractivity (Wildman–Crippen MR) is 88.1 cm³/mol. The average Bonchev–Trinajstić information content (AvgIpc) is 2.58. The van der Waals surface area contributed by atoms with Crippen LogP contribution in [0.15, 0.2) is 30.3 Å². The van der Waals surface area contributed by atoms with Crippen LogP contribution in [-0.2, 0) is 20.0 Å². The van der Waals surface area contributed by atoms with Crippen molar-refractivity contribution in [3.63, 3.8) is 0 Å². The molecule has 1 aliphatic rings. The van der Waals surface area contributed by atoms with E-state index >= 15 is 0 Å². The lowest BCUT2D eigenvalue weighted by atomic mass is 9.96. The molecule has 0 aliphatic heterocycles. The number of nitrogens with one attached hydrogen (secondary N) is 1. The Morgan fingerprint density at radius 2 is 1.74 bits per heavy atom. The van der Waals surface area contributed by atoms with Crippen molar-refractivity contribution in [3.05, 3.63) is 35.9 Å². The lowest BCUT2D eigenvalue weighted by Gasteiger charge is -2.36. The molecular formula is C18H27NO4. The van der Waals surface area contributed by atoms with Gasteiger partial charge in [0.1, 0.15) is 0 Å². The number of carbonyl (C=O) groups excluding carboxylic acids is 1. The van der Waals surface area contributed by atoms with Gasteiger partial charge in [-0.25, -0.2) is 4.79 Å². The minimum absolute atomic E-state index is 0.208. The number of hydrogen-bond acceptors (Lipinski definition) is 4. The number of alkyl carbamates (subject to hydrolysis) is 1. The molecule has 0 spiro atoms. The fourth-order valence-corrected chi connectivity index (χ4v) is 3.24. The molecule has 5 nitrogen and oxygen atoms in total. The molecule has 0 aromatic heterocycles. The molecule has 1 aliphatic carbocycles. The first-order valence-corrected chi connectivity index (χ1v) is 8.25. The maximum absolute atomic E-state index is 12.2. The largest absolute Gasteiger partial charge is 0.440 e. The maximum atomic E-state index is 12.2. The van der Waals surface area contributed by atoms with E-state index < -0.39 is 18.0 Å². The molecule has 1 atom stereocenters. The molecule has 2 rings (SSSR count). The predicted octanol–water partition coefficient (Wildman–Crippen LogP) is 3.58. The van der Waals surface area contributed by atoms with Crippen molar-refractivity contribution >= 4 is 6.09 Å². The zero-order valence-corrected chi connectivity index (χ0v) is 14.2. The number of methoxy groups -OCH3 is 2. The van der Waals surface area contributed by atoms with E-state index in [1.807, 2.05) is 30.3 Å². The normalized spacial score (nSPS) is 17.5. The SMILES string of the molecule is COC(OC)(c1ccccc1)C(C)OC(=O)NC1CCCCC1. The van der Waals surface area contributed by atoms with Crippen LogP contribution in [0.5, 0.6) is 0 Å². The van der Waals surface area contributed by atoms with Gasteiger partial charge in [-0.05, 0) is 19.8 Å². The summed E-state index contributed by atoms with van der Waals surface area (Å²) in [5.41, 5.74) is 0.808. The first-order chi connectivity index (χ1) is 11.1. The molecule has 1 aromatic rings. The van der Waals surface area contributed by atoms with Gasteiger partial charge in [0, 0.05) is 25.8 Å². The van der Waals surface area contributed by atoms with E-state index in [9.17, 15) is 4.79 Å². The van der Waals surface area contributed by atoms with Crippen molar-refractivity contribution in [2.24, 2.45) is 0 Å². The molecule has 1 aromatic carbocycles. The molecule has 0 radical (unpaired) electrons. The number of carbonyl (C=O) groups is 1. The summed E-state index contributed by atoms with van der Waals surface area (Å²) < 4.78 is 16.8. The molecule has 0 heterocycles. The Bertz CT molecular complexity index is 481. The van der Waals surface area contributed by atoms with Crippen LogP contribution < -0.4 is 5.32 Å². The third-order valence-corrected chi connectivity index (χ3v) is 4.53. The van der Waals surface area contributed by atoms with Crippen LogP contribution in [0.1, 0.15) is 44.6 Å². The zero-order valence-electron chi connectivity index (χ0n) is 14.2. The van der Waals surface area contributed by atoms with E-state index in [-0.39, 0.29) is 6.04 Å². The molecule has 0 bridgehead atoms. The molecule has 1 saturated carbocycles. The highest BCUT2D eigenvalue weighted by atomic mass is 16.7. The Morgan fingerprint density at radius 1 is 1.13 bits per heavy atom. The Kier molecular flexibility index (Phi) is 6.42. The second-order valence-corrected chi connectivity index (χ2v) is 5.97. The molecule has 5 heteroatoms. The third kappa shape index (κ3) is 4.24. The molecule has 1 fully saturated rings. The summed E-state index contributed by atoms with van der Waals surface area (Å²) >= 11 is 0. The standard InChI is InChI=1S/C18H27NO4/c1-14(23-17(20)19-16-12-8-5-9-13-16)18(21-2,22-3)15-10-6-4-7-11-15/h4,6-7,10-11,14,16H,5,8-9,12-13H2,1-3H3,(H,19,20). The van der Waals surface area contributed by atoms with E-state index in [0.717, 1.165) is 31.2 Å². The van der Waals surface area contributed by atoms with Gasteiger partial charge in [-0.2, -0.15) is 0 Å². The van der Waals surface area contributed by atoms with Gasteiger partial charge in [-0.15, -0.1) is 0 Å². The Hall–Kier alpha value is -1.59. The monoisotopic (exact) mass is 321 g/mol. The molecular weight excluding hydrogens is 294 g/mol. The van der Waals surface area contributed by atoms with Crippen molar-refractivity contribution in [1.82, 2.24) is 5.32 Å². The summed E-state index contributed by atoms with van der Waals surface area (Å²) in [4.78, 5) is 12.2. The van der Waals surface area contributed by atoms with E-state index in [0.29, 0.717) is 0 Å². The minimum atomic E-state index is -1.12. The van der Waals surface area contributed by atoms with E-state index in [1.54, 1.807) is 21.1 Å². The number of hydrogen-bond donors (Lipinski definition) is 1. The van der Waals surface area contributed by atoms with Crippen molar-refractivity contribution in [1.29, 1.82) is 0 Å². The van der Waals surface area contributed by atoms with Crippen molar-refractivity contribution in [3.8, 4) is 0 Å². The van der Waals surface area contributed by atoms with Crippen LogP contribution in [0.25, 0.3) is 0 Å². The summed E-state index contributed by atoms with van der Waals surface area (Å²) in [6.45, 7) is 1.78. The molecule has 128 valence electrons. The van der Waals surface area contributed by atoms with Crippen molar-refractivity contribution < 1.29 is 19.0 Å². The van der Waals surface area contributed by atoms with Crippen LogP contribution in [0.3, 0.4) is 0 Å². The second-order valence-electron chi connectivity index (χ2n) is 5.97. The Labute approximate surface area is 138 Å². The van der Waals surface area contributed by atoms with Crippen LogP contribution in [0.2, 0.25) is 0 Å². The van der Waals surface area contributed by atoms with Crippen LogP contribution in [0.4, 0.5) is 4.79 Å². The van der Waals surface area contributed by atoms with E-state index in [4.69, 9.17) is 14.2 Å². The van der Waals surface area contributed by atoms with Crippen LogP contribution >= 0.6 is 0 Å². The van der Waals surface area contributed by atoms with Gasteiger partial charge in [-0.1, -0.05) is 49.6 Å². The average molecular weight is 321 g/mol. The third-order valence-electron chi connectivity index (χ3n) is 4.53. The number of benzene rings is 1. The Balaban J connectivity index is 2.03. The van der Waals surface area contributed by atoms with Gasteiger partial charge >= 0.3 is 6.09 Å². The fourth-order valence-electron chi connectivity index (χ4n) is 3.24. The van der Waals surface area contributed by atoms with Gasteiger partial charge in [-0.3, -0.25) is 0 Å². The zero-order chi connectivity index (χ0) is 16.7. The molecule has 23 heavy (non-hydrogen) atoms. The van der Waals surface area contributed by atoms with Crippen molar-refractivity contribution in [2.45, 2.75) is 57.0 Å². The summed E-state index contributed by atoms with van der Waals surface area (Å²) in [7, 11) is 3.10. The highest BCUT2D eigenvalue weighted by Crippen LogP contribution is 2.31. The molecule has 1 N–H and O–H groups in total. The summed E-state index contributed by atoms with van der Waals surface area (Å²) in [6.07, 6.45) is 4.58. The second kappa shape index (κ2) is 8.31. The van der Waals surface area contributed by atoms with Gasteiger partial charge in [0.25, 0.3) is 0 Å². The molecule has 1 unspecified atom stereocenters. The highest BCUT2D eigenvalue weighted by molar-refractivity contribution is 5.67. The summed E-state index contributed by atoms with van der Waals surface area (Å²) in [5.74, 6) is -1.12. The maximum Gasteiger partial charge on any atom is 0.407 e. The van der Waals surface area contributed by atoms with Gasteiger partial charge in [0.15, 0.2) is 6.10 Å². The van der Waals surface area contributed by atoms with Crippen LogP contribution in [0, 0.1) is 0 Å². The fraction of sp³-hybridized carbons (Fsp3) is 0.611. The molecule has 1 amide bonds. The minimum Gasteiger partial charge on any atom is -0.440 e. The van der Waals surface area contributed by atoms with Gasteiger partial charge in [0.05, 0.1) is 0 Å². The quantitative estimate of drug-likeness (QED) is 0.814. The van der Waals surface area contributed by atoms with E-state index in [2.05, 4.69) is 5.32 Å². The van der Waals surface area contributed by atoms with E-state index in [1.165, 1.54) is 6.42 Å². The highest BCUT2D eigenvalue weighted by Gasteiger charge is 2.41. The number of rotatable bonds is 6. The van der Waals surface area contributed by atoms with Crippen LogP contribution in [-0.4, -0.2) is 32.5 Å². The first kappa shape index (κ1) is 17.8. The summed E-state index contributed by atoms with van der Waals surface area (Å²) in [5, 5.41) is 2.95. The number of amides is 1. The lowest BCUT2D eigenvalue weighted by Crippen LogP contribution is -2.47. The summed E-state index contributed by atoms with van der Waals surface area (Å²) in [6, 6.07) is 9.71. The van der Waals surface area contributed by atoms with Crippen molar-refractivity contribution in [2.75, 3.05) is 14.2 Å².